The van der Waals surface area contributed by atoms with Crippen LogP contribution in [0, 0.1) is 0 Å². The number of halogens is 1. The lowest BCUT2D eigenvalue weighted by atomic mass is 10.1. The molecule has 1 atom stereocenters. The van der Waals surface area contributed by atoms with E-state index in [4.69, 9.17) is 21.1 Å². The van der Waals surface area contributed by atoms with Crippen molar-refractivity contribution in [1.29, 1.82) is 0 Å². The molecule has 1 aromatic rings. The van der Waals surface area contributed by atoms with Crippen molar-refractivity contribution in [2.75, 3.05) is 43.6 Å². The third-order valence-electron chi connectivity index (χ3n) is 4.31. The first-order valence-electron chi connectivity index (χ1n) is 7.94. The predicted octanol–water partition coefficient (Wildman–Crippen LogP) is 2.34. The fraction of sp³-hybridized carbons (Fsp3) is 0.733. The Morgan fingerprint density at radius 1 is 1.36 bits per heavy atom. The van der Waals surface area contributed by atoms with Gasteiger partial charge < -0.3 is 19.7 Å². The molecule has 0 spiro atoms. The van der Waals surface area contributed by atoms with Gasteiger partial charge in [-0.1, -0.05) is 11.6 Å². The molecule has 1 aromatic heterocycles. The highest BCUT2D eigenvalue weighted by Crippen LogP contribution is 2.31. The van der Waals surface area contributed by atoms with Crippen molar-refractivity contribution >= 4 is 23.1 Å². The summed E-state index contributed by atoms with van der Waals surface area (Å²) in [6.45, 7) is 3.44. The maximum atomic E-state index is 6.12. The lowest BCUT2D eigenvalue weighted by Crippen LogP contribution is -2.38. The van der Waals surface area contributed by atoms with Gasteiger partial charge in [0.15, 0.2) is 11.0 Å². The van der Waals surface area contributed by atoms with Gasteiger partial charge in [-0.05, 0) is 25.7 Å². The molecule has 0 saturated carbocycles. The smallest absolute Gasteiger partial charge is 0.157 e. The van der Waals surface area contributed by atoms with Crippen molar-refractivity contribution in [2.24, 2.45) is 0 Å². The molecule has 3 rings (SSSR count). The molecule has 1 N–H and O–H groups in total. The number of anilines is 2. The van der Waals surface area contributed by atoms with Crippen molar-refractivity contribution in [3.05, 3.63) is 11.5 Å². The van der Waals surface area contributed by atoms with E-state index in [1.807, 2.05) is 7.05 Å². The van der Waals surface area contributed by atoms with Gasteiger partial charge in [0.2, 0.25) is 0 Å². The van der Waals surface area contributed by atoms with Crippen LogP contribution < -0.4 is 10.2 Å². The Kier molecular flexibility index (Phi) is 5.33. The van der Waals surface area contributed by atoms with E-state index in [0.29, 0.717) is 17.4 Å². The number of piperidine rings is 1. The maximum absolute atomic E-state index is 6.12. The van der Waals surface area contributed by atoms with Crippen molar-refractivity contribution in [2.45, 2.75) is 37.9 Å². The van der Waals surface area contributed by atoms with Crippen LogP contribution in [0.4, 0.5) is 11.5 Å². The molecule has 0 amide bonds. The van der Waals surface area contributed by atoms with E-state index in [-0.39, 0.29) is 0 Å². The number of ether oxygens (including phenoxy) is 2. The van der Waals surface area contributed by atoms with Crippen molar-refractivity contribution in [1.82, 2.24) is 9.97 Å². The molecular formula is C15H23ClN4O2. The zero-order chi connectivity index (χ0) is 15.4. The SMILES string of the molecule is CNc1c(Cl)ncnc1N1CCC(OCC2CCCO2)CC1. The highest BCUT2D eigenvalue weighted by atomic mass is 35.5. The molecule has 22 heavy (non-hydrogen) atoms. The molecule has 3 heterocycles. The third kappa shape index (κ3) is 3.62. The fourth-order valence-electron chi connectivity index (χ4n) is 3.06. The summed E-state index contributed by atoms with van der Waals surface area (Å²) in [6, 6.07) is 0. The van der Waals surface area contributed by atoms with E-state index in [2.05, 4.69) is 20.2 Å². The molecule has 0 aromatic carbocycles. The summed E-state index contributed by atoms with van der Waals surface area (Å²) in [5, 5.41) is 3.55. The first-order valence-corrected chi connectivity index (χ1v) is 8.32. The minimum Gasteiger partial charge on any atom is -0.383 e. The maximum Gasteiger partial charge on any atom is 0.157 e. The van der Waals surface area contributed by atoms with Gasteiger partial charge >= 0.3 is 0 Å². The lowest BCUT2D eigenvalue weighted by molar-refractivity contribution is -0.0280. The van der Waals surface area contributed by atoms with Crippen molar-refractivity contribution < 1.29 is 9.47 Å². The van der Waals surface area contributed by atoms with Crippen LogP contribution in [0.25, 0.3) is 0 Å². The van der Waals surface area contributed by atoms with Crippen LogP contribution in [0.15, 0.2) is 6.33 Å². The summed E-state index contributed by atoms with van der Waals surface area (Å²) in [5.74, 6) is 0.875. The van der Waals surface area contributed by atoms with Crippen LogP contribution in [0.5, 0.6) is 0 Å². The second-order valence-electron chi connectivity index (χ2n) is 5.77. The quantitative estimate of drug-likeness (QED) is 0.838. The number of nitrogens with zero attached hydrogens (tertiary/aromatic N) is 3. The van der Waals surface area contributed by atoms with E-state index in [1.165, 1.54) is 6.33 Å². The van der Waals surface area contributed by atoms with Crippen molar-refractivity contribution in [3.63, 3.8) is 0 Å². The summed E-state index contributed by atoms with van der Waals surface area (Å²) in [6.07, 6.45) is 6.41. The molecule has 122 valence electrons. The van der Waals surface area contributed by atoms with Gasteiger partial charge in [-0.15, -0.1) is 0 Å². The summed E-state index contributed by atoms with van der Waals surface area (Å²) in [4.78, 5) is 10.6. The van der Waals surface area contributed by atoms with E-state index < -0.39 is 0 Å². The molecule has 0 aliphatic carbocycles. The zero-order valence-electron chi connectivity index (χ0n) is 12.9. The number of hydrogen-bond donors (Lipinski definition) is 1. The van der Waals surface area contributed by atoms with Gasteiger partial charge in [0.1, 0.15) is 12.0 Å². The Bertz CT molecular complexity index is 488. The Balaban J connectivity index is 1.52. The number of rotatable bonds is 5. The Morgan fingerprint density at radius 3 is 2.86 bits per heavy atom. The molecule has 7 heteroatoms. The first kappa shape index (κ1) is 15.8. The van der Waals surface area contributed by atoms with Gasteiger partial charge in [0.05, 0.1) is 18.8 Å². The van der Waals surface area contributed by atoms with Gasteiger partial charge in [0, 0.05) is 26.7 Å². The molecule has 0 radical (unpaired) electrons. The second kappa shape index (κ2) is 7.44. The van der Waals surface area contributed by atoms with Crippen molar-refractivity contribution in [3.8, 4) is 0 Å². The molecule has 1 unspecified atom stereocenters. The number of hydrogen-bond acceptors (Lipinski definition) is 6. The van der Waals surface area contributed by atoms with E-state index >= 15 is 0 Å². The molecule has 6 nitrogen and oxygen atoms in total. The Labute approximate surface area is 136 Å². The Morgan fingerprint density at radius 2 is 2.18 bits per heavy atom. The molecular weight excluding hydrogens is 304 g/mol. The van der Waals surface area contributed by atoms with Gasteiger partial charge in [0.25, 0.3) is 0 Å². The average Bonchev–Trinajstić information content (AvgIpc) is 3.07. The van der Waals surface area contributed by atoms with Crippen LogP contribution in [0.1, 0.15) is 25.7 Å². The average molecular weight is 327 g/mol. The van der Waals surface area contributed by atoms with Gasteiger partial charge in [-0.2, -0.15) is 0 Å². The van der Waals surface area contributed by atoms with Crippen LogP contribution in [0.2, 0.25) is 5.15 Å². The monoisotopic (exact) mass is 326 g/mol. The standard InChI is InChI=1S/C15H23ClN4O2/c1-17-13-14(16)18-10-19-15(13)20-6-4-11(5-7-20)22-9-12-3-2-8-21-12/h10-12,17H,2-9H2,1H3. The van der Waals surface area contributed by atoms with E-state index in [0.717, 1.165) is 63.5 Å². The molecule has 2 aliphatic rings. The van der Waals surface area contributed by atoms with Crippen LogP contribution >= 0.6 is 11.6 Å². The summed E-state index contributed by atoms with van der Waals surface area (Å²) >= 11 is 6.12. The largest absolute Gasteiger partial charge is 0.383 e. The highest BCUT2D eigenvalue weighted by Gasteiger charge is 2.25. The second-order valence-corrected chi connectivity index (χ2v) is 6.13. The van der Waals surface area contributed by atoms with Crippen LogP contribution in [-0.4, -0.2) is 55.5 Å². The van der Waals surface area contributed by atoms with Gasteiger partial charge in [-0.3, -0.25) is 0 Å². The Hall–Kier alpha value is -1.11. The third-order valence-corrected chi connectivity index (χ3v) is 4.60. The van der Waals surface area contributed by atoms with E-state index in [1.54, 1.807) is 0 Å². The van der Waals surface area contributed by atoms with Crippen LogP contribution in [0.3, 0.4) is 0 Å². The van der Waals surface area contributed by atoms with E-state index in [9.17, 15) is 0 Å². The molecule has 2 saturated heterocycles. The summed E-state index contributed by atoms with van der Waals surface area (Å²) in [5.41, 5.74) is 0.794. The zero-order valence-corrected chi connectivity index (χ0v) is 13.7. The van der Waals surface area contributed by atoms with Crippen LogP contribution in [-0.2, 0) is 9.47 Å². The topological polar surface area (TPSA) is 59.5 Å². The van der Waals surface area contributed by atoms with Gasteiger partial charge in [-0.25, -0.2) is 9.97 Å². The molecule has 2 fully saturated rings. The summed E-state index contributed by atoms with van der Waals surface area (Å²) in [7, 11) is 1.84. The molecule has 2 aliphatic heterocycles. The first-order chi connectivity index (χ1) is 10.8. The predicted molar refractivity (Wildman–Crippen MR) is 86.7 cm³/mol. The summed E-state index contributed by atoms with van der Waals surface area (Å²) < 4.78 is 11.6. The fourth-order valence-corrected chi connectivity index (χ4v) is 3.29. The number of aromatic nitrogens is 2. The minimum absolute atomic E-state index is 0.301. The highest BCUT2D eigenvalue weighted by molar-refractivity contribution is 6.32. The lowest BCUT2D eigenvalue weighted by Gasteiger charge is -2.34. The number of nitrogens with one attached hydrogen (secondary N) is 1. The minimum atomic E-state index is 0.301. The normalized spacial score (nSPS) is 23.0. The molecule has 0 bridgehead atoms.